The molecular formula is C41H43FN2+2. The Morgan fingerprint density at radius 2 is 1.66 bits per heavy atom. The molecule has 2 unspecified atom stereocenters. The lowest BCUT2D eigenvalue weighted by molar-refractivity contribution is -0.748. The van der Waals surface area contributed by atoms with Crippen molar-refractivity contribution in [1.82, 2.24) is 0 Å². The molecule has 44 heavy (non-hydrogen) atoms. The number of pyridine rings is 2. The van der Waals surface area contributed by atoms with Gasteiger partial charge in [0.1, 0.15) is 11.7 Å². The maximum Gasteiger partial charge on any atom is 0.221 e. The lowest BCUT2D eigenvalue weighted by Crippen LogP contribution is -2.61. The maximum atomic E-state index is 16.3. The largest absolute Gasteiger partial charge is 0.221 e. The minimum atomic E-state index is -0.436. The van der Waals surface area contributed by atoms with Gasteiger partial charge in [0.25, 0.3) is 0 Å². The van der Waals surface area contributed by atoms with E-state index in [-0.39, 0.29) is 23.2 Å². The van der Waals surface area contributed by atoms with E-state index in [2.05, 4.69) is 123 Å². The lowest BCUT2D eigenvalue weighted by Gasteiger charge is -2.47. The topological polar surface area (TPSA) is 7.76 Å². The number of benzene rings is 3. The number of halogens is 1. The van der Waals surface area contributed by atoms with Gasteiger partial charge >= 0.3 is 0 Å². The fourth-order valence-corrected chi connectivity index (χ4v) is 9.54. The highest BCUT2D eigenvalue weighted by Crippen LogP contribution is 2.59. The van der Waals surface area contributed by atoms with Gasteiger partial charge in [0.2, 0.25) is 11.4 Å². The summed E-state index contributed by atoms with van der Waals surface area (Å²) in [5.41, 5.74) is 10.7. The molecule has 0 N–H and O–H groups in total. The summed E-state index contributed by atoms with van der Waals surface area (Å²) in [6.07, 6.45) is 9.98. The Morgan fingerprint density at radius 3 is 2.45 bits per heavy atom. The van der Waals surface area contributed by atoms with Crippen LogP contribution in [0.5, 0.6) is 0 Å². The molecular weight excluding hydrogens is 539 g/mol. The monoisotopic (exact) mass is 582 g/mol. The van der Waals surface area contributed by atoms with Crippen molar-refractivity contribution in [2.75, 3.05) is 0 Å². The van der Waals surface area contributed by atoms with E-state index < -0.39 is 5.41 Å². The molecule has 0 amide bonds. The fourth-order valence-electron chi connectivity index (χ4n) is 9.54. The van der Waals surface area contributed by atoms with Crippen LogP contribution in [0.3, 0.4) is 0 Å². The third-order valence-corrected chi connectivity index (χ3v) is 11.7. The molecule has 1 aliphatic carbocycles. The van der Waals surface area contributed by atoms with Gasteiger partial charge < -0.3 is 0 Å². The van der Waals surface area contributed by atoms with Crippen LogP contribution in [0.25, 0.3) is 33.3 Å². The van der Waals surface area contributed by atoms with Crippen LogP contribution in [-0.2, 0) is 23.8 Å². The number of fused-ring (bicyclic) bond motifs is 3. The Bertz CT molecular complexity index is 1960. The first-order valence-corrected chi connectivity index (χ1v) is 16.8. The smallest absolute Gasteiger partial charge is 0.207 e. The minimum absolute atomic E-state index is 0.0750. The number of hydrogen-bond acceptors (Lipinski definition) is 0. The van der Waals surface area contributed by atoms with Crippen molar-refractivity contribution in [3.8, 4) is 22.5 Å². The van der Waals surface area contributed by atoms with Crippen LogP contribution in [0.1, 0.15) is 100 Å². The van der Waals surface area contributed by atoms with E-state index in [4.69, 9.17) is 0 Å². The predicted octanol–water partition coefficient (Wildman–Crippen LogP) is 9.28. The van der Waals surface area contributed by atoms with Gasteiger partial charge in [0.05, 0.1) is 21.9 Å². The molecule has 2 aliphatic heterocycles. The zero-order chi connectivity index (χ0) is 30.4. The molecule has 0 radical (unpaired) electrons. The molecule has 222 valence electrons. The van der Waals surface area contributed by atoms with Gasteiger partial charge in [-0.1, -0.05) is 77.4 Å². The zero-order valence-electron chi connectivity index (χ0n) is 26.8. The summed E-state index contributed by atoms with van der Waals surface area (Å²) in [7, 11) is 0. The molecule has 0 fully saturated rings. The number of aryl methyl sites for hydroxylation is 1. The van der Waals surface area contributed by atoms with Gasteiger partial charge in [-0.15, -0.1) is 0 Å². The van der Waals surface area contributed by atoms with Gasteiger partial charge in [0, 0.05) is 29.2 Å². The van der Waals surface area contributed by atoms with Crippen molar-refractivity contribution >= 4 is 10.8 Å². The highest BCUT2D eigenvalue weighted by atomic mass is 19.1. The normalized spacial score (nSPS) is 19.9. The third-order valence-electron chi connectivity index (χ3n) is 11.7. The zero-order valence-corrected chi connectivity index (χ0v) is 26.8. The number of aromatic nitrogens is 2. The second-order valence-corrected chi connectivity index (χ2v) is 14.0. The molecule has 3 aliphatic rings. The summed E-state index contributed by atoms with van der Waals surface area (Å²) in [4.78, 5) is 0. The summed E-state index contributed by atoms with van der Waals surface area (Å²) in [6, 6.07) is 26.9. The van der Waals surface area contributed by atoms with E-state index in [9.17, 15) is 0 Å². The van der Waals surface area contributed by atoms with Crippen LogP contribution in [0, 0.1) is 5.82 Å². The van der Waals surface area contributed by atoms with Gasteiger partial charge in [0.15, 0.2) is 25.0 Å². The summed E-state index contributed by atoms with van der Waals surface area (Å²) in [5, 5.41) is 2.61. The molecule has 3 aromatic carbocycles. The molecule has 2 aromatic heterocycles. The minimum Gasteiger partial charge on any atom is -0.207 e. The van der Waals surface area contributed by atoms with Gasteiger partial charge in [-0.05, 0) is 71.5 Å². The quantitative estimate of drug-likeness (QED) is 0.176. The first-order valence-electron chi connectivity index (χ1n) is 16.8. The van der Waals surface area contributed by atoms with Crippen molar-refractivity contribution in [3.05, 3.63) is 119 Å². The molecule has 5 aromatic rings. The standard InChI is InChI=1S/C41H43FN2/c1-6-9-14-26-23-27-20-22-44-38-35(27)32(24-26)40(4,5)37-33(42)19-18-31(36(37)38)41(7-2,8-3)39(44)30-25-43-21-13-12-17-34(43)29-16-11-10-15-28(29)30/h10-13,15-24,30,39H,6-9,14,25H2,1-5H3/q+2. The van der Waals surface area contributed by atoms with E-state index in [0.717, 1.165) is 43.4 Å². The van der Waals surface area contributed by atoms with Crippen LogP contribution >= 0.6 is 0 Å². The Labute approximate surface area is 261 Å². The van der Waals surface area contributed by atoms with E-state index >= 15 is 4.39 Å². The molecule has 4 heterocycles. The Hall–Kier alpha value is -3.85. The summed E-state index contributed by atoms with van der Waals surface area (Å²) >= 11 is 0. The SMILES string of the molecule is CCCCc1cc2c3c4[n+](ccc3c1)C(C1C[n+]3ccccc3-c3ccccc31)C(CC)(CC)c1ccc(F)c(c1-4)C2(C)C. The Morgan fingerprint density at radius 1 is 0.864 bits per heavy atom. The van der Waals surface area contributed by atoms with Crippen LogP contribution in [-0.4, -0.2) is 0 Å². The van der Waals surface area contributed by atoms with E-state index in [1.165, 1.54) is 56.4 Å². The number of rotatable bonds is 6. The van der Waals surface area contributed by atoms with Crippen LogP contribution in [0.4, 0.5) is 4.39 Å². The van der Waals surface area contributed by atoms with Crippen molar-refractivity contribution in [1.29, 1.82) is 0 Å². The van der Waals surface area contributed by atoms with Crippen molar-refractivity contribution in [3.63, 3.8) is 0 Å². The number of unbranched alkanes of at least 4 members (excludes halogenated alkanes) is 1. The van der Waals surface area contributed by atoms with Gasteiger partial charge in [-0.3, -0.25) is 0 Å². The molecule has 0 spiro atoms. The molecule has 2 nitrogen and oxygen atoms in total. The van der Waals surface area contributed by atoms with Crippen LogP contribution in [0.2, 0.25) is 0 Å². The Kier molecular flexibility index (Phi) is 6.18. The summed E-state index contributed by atoms with van der Waals surface area (Å²) in [5.74, 6) is 0.183. The van der Waals surface area contributed by atoms with Crippen molar-refractivity contribution < 1.29 is 13.5 Å². The molecule has 0 saturated heterocycles. The van der Waals surface area contributed by atoms with Crippen molar-refractivity contribution in [2.45, 2.75) is 96.1 Å². The van der Waals surface area contributed by atoms with E-state index in [0.29, 0.717) is 0 Å². The first kappa shape index (κ1) is 27.7. The van der Waals surface area contributed by atoms with Crippen LogP contribution in [0.15, 0.2) is 85.2 Å². The molecule has 0 saturated carbocycles. The molecule has 8 rings (SSSR count). The van der Waals surface area contributed by atoms with Crippen LogP contribution < -0.4 is 9.13 Å². The lowest BCUT2D eigenvalue weighted by atomic mass is 9.57. The van der Waals surface area contributed by atoms with Gasteiger partial charge in [-0.25, -0.2) is 4.39 Å². The summed E-state index contributed by atoms with van der Waals surface area (Å²) < 4.78 is 21.4. The first-order chi connectivity index (χ1) is 21.4. The summed E-state index contributed by atoms with van der Waals surface area (Å²) in [6.45, 7) is 12.4. The molecule has 3 heteroatoms. The highest BCUT2D eigenvalue weighted by Gasteiger charge is 2.59. The van der Waals surface area contributed by atoms with E-state index in [1.807, 2.05) is 0 Å². The average molecular weight is 583 g/mol. The molecule has 0 bridgehead atoms. The average Bonchev–Trinajstić information content (AvgIpc) is 3.05. The van der Waals surface area contributed by atoms with Crippen molar-refractivity contribution in [2.24, 2.45) is 0 Å². The molecule has 2 atom stereocenters. The fraction of sp³-hybridized carbons (Fsp3) is 0.366. The Balaban J connectivity index is 1.48. The van der Waals surface area contributed by atoms with Gasteiger partial charge in [-0.2, -0.15) is 9.13 Å². The second kappa shape index (κ2) is 9.83. The predicted molar refractivity (Wildman–Crippen MR) is 176 cm³/mol. The third kappa shape index (κ3) is 3.53. The second-order valence-electron chi connectivity index (χ2n) is 14.0. The number of nitrogens with zero attached hydrogens (tertiary/aromatic N) is 2. The van der Waals surface area contributed by atoms with E-state index in [1.54, 1.807) is 6.07 Å². The highest BCUT2D eigenvalue weighted by molar-refractivity contribution is 6.01. The number of hydrogen-bond donors (Lipinski definition) is 0. The maximum absolute atomic E-state index is 16.3.